The summed E-state index contributed by atoms with van der Waals surface area (Å²) < 4.78 is 0.782. The summed E-state index contributed by atoms with van der Waals surface area (Å²) in [5.41, 5.74) is 0. The van der Waals surface area contributed by atoms with E-state index in [0.717, 1.165) is 43.4 Å². The molecule has 0 aliphatic carbocycles. The van der Waals surface area contributed by atoms with Gasteiger partial charge in [0.05, 0.1) is 39.5 Å². The third-order valence-corrected chi connectivity index (χ3v) is 4.26. The van der Waals surface area contributed by atoms with E-state index in [2.05, 4.69) is 11.8 Å². The molecule has 0 spiro atoms. The van der Waals surface area contributed by atoms with Crippen LogP contribution in [0.4, 0.5) is 0 Å². The zero-order valence-electron chi connectivity index (χ0n) is 13.6. The molecule has 0 aromatic rings. The van der Waals surface area contributed by atoms with Gasteiger partial charge >= 0.3 is 0 Å². The van der Waals surface area contributed by atoms with E-state index in [9.17, 15) is 10.2 Å². The lowest BCUT2D eigenvalue weighted by Gasteiger charge is -2.37. The Morgan fingerprint density at radius 3 is 1.67 bits per heavy atom. The van der Waals surface area contributed by atoms with Gasteiger partial charge in [-0.25, -0.2) is 0 Å². The summed E-state index contributed by atoms with van der Waals surface area (Å²) in [5, 5.41) is 36.3. The number of nitrogens with zero attached hydrogens (tertiary/aromatic N) is 2. The van der Waals surface area contributed by atoms with Gasteiger partial charge in [-0.05, 0) is 32.7 Å². The lowest BCUT2D eigenvalue weighted by molar-refractivity contribution is -0.927. The van der Waals surface area contributed by atoms with Crippen LogP contribution in [-0.2, 0) is 0 Å². The Kier molecular flexibility index (Phi) is 13.3. The molecule has 0 radical (unpaired) electrons. The highest BCUT2D eigenvalue weighted by Crippen LogP contribution is 2.10. The lowest BCUT2D eigenvalue weighted by Crippen LogP contribution is -2.52. The molecule has 0 aromatic carbocycles. The number of likely N-dealkylation sites (N-methyl/N-ethyl adjacent to an activating group) is 1. The molecule has 0 heterocycles. The predicted octanol–water partition coefficient (Wildman–Crippen LogP) is -0.735. The monoisotopic (exact) mass is 307 g/mol. The maximum absolute atomic E-state index is 9.20. The van der Waals surface area contributed by atoms with E-state index in [4.69, 9.17) is 10.2 Å². The van der Waals surface area contributed by atoms with E-state index in [-0.39, 0.29) is 26.4 Å². The smallest absolute Gasteiger partial charge is 0.102 e. The number of hydrogen-bond donors (Lipinski definition) is 4. The van der Waals surface area contributed by atoms with Crippen molar-refractivity contribution in [3.8, 4) is 0 Å². The molecule has 0 saturated heterocycles. The molecule has 0 aromatic heterocycles. The van der Waals surface area contributed by atoms with Gasteiger partial charge in [-0.15, -0.1) is 0 Å². The van der Waals surface area contributed by atoms with Gasteiger partial charge in [-0.2, -0.15) is 0 Å². The molecule has 4 N–H and O–H groups in total. The van der Waals surface area contributed by atoms with Gasteiger partial charge in [0.15, 0.2) is 0 Å². The number of aliphatic hydroxyl groups excluding tert-OH is 4. The van der Waals surface area contributed by atoms with Crippen molar-refractivity contribution in [2.24, 2.45) is 0 Å². The first-order chi connectivity index (χ1) is 10.2. The van der Waals surface area contributed by atoms with Crippen LogP contribution in [0.5, 0.6) is 0 Å². The Morgan fingerprint density at radius 1 is 0.667 bits per heavy atom. The first-order valence-corrected chi connectivity index (χ1v) is 8.19. The SMILES string of the molecule is CC[N+](CCO)(CCO)CCCCCN(CCO)CCO. The van der Waals surface area contributed by atoms with Crippen molar-refractivity contribution < 1.29 is 24.9 Å². The van der Waals surface area contributed by atoms with Gasteiger partial charge in [-0.1, -0.05) is 0 Å². The fraction of sp³-hybridized carbons (Fsp3) is 1.00. The van der Waals surface area contributed by atoms with Crippen molar-refractivity contribution in [2.75, 3.05) is 72.2 Å². The topological polar surface area (TPSA) is 84.2 Å². The summed E-state index contributed by atoms with van der Waals surface area (Å²) in [6.07, 6.45) is 3.20. The van der Waals surface area contributed by atoms with Crippen LogP contribution in [0.1, 0.15) is 26.2 Å². The second-order valence-electron chi connectivity index (χ2n) is 5.63. The molecule has 0 atom stereocenters. The van der Waals surface area contributed by atoms with Crippen molar-refractivity contribution in [3.63, 3.8) is 0 Å². The molecular weight excluding hydrogens is 272 g/mol. The highest BCUT2D eigenvalue weighted by Gasteiger charge is 2.23. The molecule has 6 heteroatoms. The minimum Gasteiger partial charge on any atom is -0.395 e. The Labute approximate surface area is 129 Å². The molecule has 0 aliphatic heterocycles. The van der Waals surface area contributed by atoms with E-state index in [1.807, 2.05) is 0 Å². The summed E-state index contributed by atoms with van der Waals surface area (Å²) in [5.74, 6) is 0. The summed E-state index contributed by atoms with van der Waals surface area (Å²) in [6.45, 7) is 8.14. The largest absolute Gasteiger partial charge is 0.395 e. The van der Waals surface area contributed by atoms with E-state index in [0.29, 0.717) is 26.2 Å². The fourth-order valence-corrected chi connectivity index (χ4v) is 2.81. The second-order valence-corrected chi connectivity index (χ2v) is 5.63. The van der Waals surface area contributed by atoms with E-state index < -0.39 is 0 Å². The van der Waals surface area contributed by atoms with Crippen molar-refractivity contribution in [2.45, 2.75) is 26.2 Å². The van der Waals surface area contributed by atoms with Crippen molar-refractivity contribution in [3.05, 3.63) is 0 Å². The second kappa shape index (κ2) is 13.4. The highest BCUT2D eigenvalue weighted by atomic mass is 16.3. The van der Waals surface area contributed by atoms with Gasteiger partial charge in [0, 0.05) is 13.1 Å². The molecule has 0 saturated carbocycles. The number of aliphatic hydroxyl groups is 4. The standard InChI is InChI=1S/C15H35N2O4/c1-2-17(10-14-20,11-15-21)9-5-3-4-6-16(7-12-18)8-13-19/h18-21H,2-15H2,1H3/q+1. The molecule has 0 amide bonds. The van der Waals surface area contributed by atoms with Gasteiger partial charge in [0.25, 0.3) is 0 Å². The summed E-state index contributed by atoms with van der Waals surface area (Å²) in [6, 6.07) is 0. The van der Waals surface area contributed by atoms with Crippen molar-refractivity contribution in [1.82, 2.24) is 4.90 Å². The molecule has 128 valence electrons. The number of hydrogen-bond acceptors (Lipinski definition) is 5. The molecule has 0 rings (SSSR count). The number of rotatable bonds is 15. The van der Waals surface area contributed by atoms with Gasteiger partial charge in [0.2, 0.25) is 0 Å². The Morgan fingerprint density at radius 2 is 1.24 bits per heavy atom. The molecule has 21 heavy (non-hydrogen) atoms. The first kappa shape index (κ1) is 20.8. The summed E-state index contributed by atoms with van der Waals surface area (Å²) >= 11 is 0. The van der Waals surface area contributed by atoms with E-state index >= 15 is 0 Å². The zero-order valence-corrected chi connectivity index (χ0v) is 13.6. The minimum atomic E-state index is 0.128. The van der Waals surface area contributed by atoms with Crippen LogP contribution in [-0.4, -0.2) is 102 Å². The van der Waals surface area contributed by atoms with Crippen LogP contribution in [0, 0.1) is 0 Å². The average molecular weight is 307 g/mol. The third kappa shape index (κ3) is 9.39. The van der Waals surface area contributed by atoms with E-state index in [1.54, 1.807) is 0 Å². The first-order valence-electron chi connectivity index (χ1n) is 8.19. The van der Waals surface area contributed by atoms with Crippen LogP contribution >= 0.6 is 0 Å². The summed E-state index contributed by atoms with van der Waals surface area (Å²) in [4.78, 5) is 2.07. The van der Waals surface area contributed by atoms with Crippen LogP contribution in [0.25, 0.3) is 0 Å². The van der Waals surface area contributed by atoms with E-state index in [1.165, 1.54) is 0 Å². The predicted molar refractivity (Wildman–Crippen MR) is 84.0 cm³/mol. The average Bonchev–Trinajstić information content (AvgIpc) is 2.47. The Bertz CT molecular complexity index is 218. The van der Waals surface area contributed by atoms with Crippen LogP contribution in [0.3, 0.4) is 0 Å². The molecule has 0 fully saturated rings. The quantitative estimate of drug-likeness (QED) is 0.237. The highest BCUT2D eigenvalue weighted by molar-refractivity contribution is 4.57. The number of quaternary nitrogens is 1. The molecule has 0 bridgehead atoms. The maximum Gasteiger partial charge on any atom is 0.102 e. The molecule has 0 unspecified atom stereocenters. The molecular formula is C15H35N2O4+. The lowest BCUT2D eigenvalue weighted by atomic mass is 10.2. The fourth-order valence-electron chi connectivity index (χ4n) is 2.81. The van der Waals surface area contributed by atoms with Crippen LogP contribution < -0.4 is 0 Å². The molecule has 6 nitrogen and oxygen atoms in total. The van der Waals surface area contributed by atoms with Crippen molar-refractivity contribution >= 4 is 0 Å². The van der Waals surface area contributed by atoms with Crippen molar-refractivity contribution in [1.29, 1.82) is 0 Å². The Balaban J connectivity index is 3.97. The minimum absolute atomic E-state index is 0.128. The zero-order chi connectivity index (χ0) is 16.0. The number of unbranched alkanes of at least 4 members (excludes halogenated alkanes) is 2. The van der Waals surface area contributed by atoms with Gasteiger partial charge in [0.1, 0.15) is 13.1 Å². The van der Waals surface area contributed by atoms with Gasteiger partial charge < -0.3 is 24.9 Å². The van der Waals surface area contributed by atoms with Crippen LogP contribution in [0.15, 0.2) is 0 Å². The molecule has 0 aliphatic rings. The Hall–Kier alpha value is -0.240. The normalized spacial score (nSPS) is 12.3. The van der Waals surface area contributed by atoms with Gasteiger partial charge in [-0.3, -0.25) is 4.90 Å². The summed E-state index contributed by atoms with van der Waals surface area (Å²) in [7, 11) is 0. The maximum atomic E-state index is 9.20. The third-order valence-electron chi connectivity index (χ3n) is 4.26. The van der Waals surface area contributed by atoms with Crippen LogP contribution in [0.2, 0.25) is 0 Å².